The largest absolute Gasteiger partial charge is 0.350 e. The van der Waals surface area contributed by atoms with Gasteiger partial charge < -0.3 is 9.88 Å². The Morgan fingerprint density at radius 1 is 1.12 bits per heavy atom. The second-order valence-electron chi connectivity index (χ2n) is 6.00. The van der Waals surface area contributed by atoms with E-state index in [0.717, 1.165) is 29.8 Å². The number of aromatic nitrogens is 4. The Morgan fingerprint density at radius 3 is 2.65 bits per heavy atom. The fourth-order valence-corrected chi connectivity index (χ4v) is 2.74. The summed E-state index contributed by atoms with van der Waals surface area (Å²) in [7, 11) is 0. The first-order valence-electron chi connectivity index (χ1n) is 8.90. The fraction of sp³-hybridized carbons (Fsp3) is 0.300. The molecule has 0 saturated heterocycles. The van der Waals surface area contributed by atoms with Gasteiger partial charge >= 0.3 is 0 Å². The number of nitrogens with one attached hydrogen (secondary N) is 1. The maximum absolute atomic E-state index is 12.4. The highest BCUT2D eigenvalue weighted by Gasteiger charge is 2.09. The summed E-state index contributed by atoms with van der Waals surface area (Å²) in [5.74, 6) is 1.55. The van der Waals surface area contributed by atoms with E-state index in [2.05, 4.69) is 38.7 Å². The van der Waals surface area contributed by atoms with Crippen molar-refractivity contribution in [1.82, 2.24) is 24.8 Å². The van der Waals surface area contributed by atoms with Gasteiger partial charge in [0.1, 0.15) is 5.82 Å². The number of aryl methyl sites for hydroxylation is 2. The van der Waals surface area contributed by atoms with Gasteiger partial charge in [-0.15, -0.1) is 0 Å². The van der Waals surface area contributed by atoms with Gasteiger partial charge in [0.15, 0.2) is 5.82 Å². The monoisotopic (exact) mass is 349 g/mol. The summed E-state index contributed by atoms with van der Waals surface area (Å²) in [6.07, 6.45) is 9.15. The summed E-state index contributed by atoms with van der Waals surface area (Å²) in [5.41, 5.74) is 2.53. The van der Waals surface area contributed by atoms with Crippen molar-refractivity contribution in [2.45, 2.75) is 33.2 Å². The highest BCUT2D eigenvalue weighted by atomic mass is 16.1. The summed E-state index contributed by atoms with van der Waals surface area (Å²) in [6, 6.07) is 7.39. The summed E-state index contributed by atoms with van der Waals surface area (Å²) in [4.78, 5) is 25.5. The van der Waals surface area contributed by atoms with Crippen LogP contribution in [0.4, 0.5) is 0 Å². The Kier molecular flexibility index (Phi) is 5.73. The van der Waals surface area contributed by atoms with Crippen LogP contribution < -0.4 is 5.32 Å². The van der Waals surface area contributed by atoms with Crippen LogP contribution in [0.2, 0.25) is 0 Å². The molecule has 1 amide bonds. The van der Waals surface area contributed by atoms with Gasteiger partial charge in [-0.1, -0.05) is 26.0 Å². The lowest BCUT2D eigenvalue weighted by Crippen LogP contribution is -2.27. The molecular formula is C20H23N5O. The van der Waals surface area contributed by atoms with Gasteiger partial charge in [0.25, 0.3) is 5.91 Å². The summed E-state index contributed by atoms with van der Waals surface area (Å²) < 4.78 is 2.06. The number of carbonyl (C=O) groups is 1. The third kappa shape index (κ3) is 4.14. The zero-order chi connectivity index (χ0) is 18.4. The molecule has 6 heteroatoms. The van der Waals surface area contributed by atoms with Gasteiger partial charge in [-0.25, -0.2) is 15.0 Å². The van der Waals surface area contributed by atoms with Gasteiger partial charge in [-0.3, -0.25) is 4.79 Å². The van der Waals surface area contributed by atoms with Gasteiger partial charge in [0, 0.05) is 55.4 Å². The molecule has 1 N–H and O–H groups in total. The SMILES string of the molecule is CCc1cnc(-c2cccc(C(=O)NCCn3ccnc3CC)c2)nc1. The Morgan fingerprint density at radius 2 is 1.92 bits per heavy atom. The third-order valence-electron chi connectivity index (χ3n) is 4.25. The number of benzene rings is 1. The first kappa shape index (κ1) is 17.8. The van der Waals surface area contributed by atoms with Gasteiger partial charge in [0.2, 0.25) is 0 Å². The van der Waals surface area contributed by atoms with Crippen LogP contribution in [0.3, 0.4) is 0 Å². The maximum atomic E-state index is 12.4. The van der Waals surface area contributed by atoms with Gasteiger partial charge in [0.05, 0.1) is 0 Å². The number of imidazole rings is 1. The topological polar surface area (TPSA) is 72.7 Å². The molecule has 26 heavy (non-hydrogen) atoms. The van der Waals surface area contributed by atoms with Crippen molar-refractivity contribution in [3.63, 3.8) is 0 Å². The Hall–Kier alpha value is -3.02. The number of carbonyl (C=O) groups excluding carboxylic acids is 1. The average molecular weight is 349 g/mol. The van der Waals surface area contributed by atoms with Crippen molar-refractivity contribution < 1.29 is 4.79 Å². The normalized spacial score (nSPS) is 10.7. The van der Waals surface area contributed by atoms with E-state index >= 15 is 0 Å². The van der Waals surface area contributed by atoms with Crippen LogP contribution in [0.1, 0.15) is 35.6 Å². The molecular weight excluding hydrogens is 326 g/mol. The van der Waals surface area contributed by atoms with Crippen molar-refractivity contribution in [1.29, 1.82) is 0 Å². The quantitative estimate of drug-likeness (QED) is 0.712. The molecule has 6 nitrogen and oxygen atoms in total. The first-order valence-corrected chi connectivity index (χ1v) is 8.90. The molecule has 0 atom stereocenters. The number of rotatable bonds is 7. The van der Waals surface area contributed by atoms with E-state index in [9.17, 15) is 4.79 Å². The van der Waals surface area contributed by atoms with Crippen LogP contribution in [0, 0.1) is 0 Å². The standard InChI is InChI=1S/C20H23N5O/c1-3-15-13-23-19(24-14-15)16-6-5-7-17(12-16)20(26)22-9-11-25-10-8-21-18(25)4-2/h5-8,10,12-14H,3-4,9,11H2,1-2H3,(H,22,26). The van der Waals surface area contributed by atoms with Crippen LogP contribution in [0.15, 0.2) is 49.1 Å². The van der Waals surface area contributed by atoms with E-state index in [0.29, 0.717) is 24.5 Å². The molecule has 2 heterocycles. The van der Waals surface area contributed by atoms with Gasteiger partial charge in [-0.05, 0) is 24.1 Å². The zero-order valence-corrected chi connectivity index (χ0v) is 15.1. The molecule has 1 aromatic carbocycles. The van der Waals surface area contributed by atoms with Crippen LogP contribution >= 0.6 is 0 Å². The van der Waals surface area contributed by atoms with Gasteiger partial charge in [-0.2, -0.15) is 0 Å². The molecule has 0 bridgehead atoms. The molecule has 0 aliphatic carbocycles. The minimum absolute atomic E-state index is 0.102. The zero-order valence-electron chi connectivity index (χ0n) is 15.1. The van der Waals surface area contributed by atoms with E-state index in [1.165, 1.54) is 0 Å². The van der Waals surface area contributed by atoms with E-state index < -0.39 is 0 Å². The first-order chi connectivity index (χ1) is 12.7. The highest BCUT2D eigenvalue weighted by Crippen LogP contribution is 2.16. The van der Waals surface area contributed by atoms with Crippen molar-refractivity contribution >= 4 is 5.91 Å². The van der Waals surface area contributed by atoms with Crippen LogP contribution in [-0.2, 0) is 19.4 Å². The Bertz CT molecular complexity index is 870. The van der Waals surface area contributed by atoms with Crippen molar-refractivity contribution in [3.05, 3.63) is 66.0 Å². The smallest absolute Gasteiger partial charge is 0.251 e. The second kappa shape index (κ2) is 8.38. The van der Waals surface area contributed by atoms with Crippen LogP contribution in [0.25, 0.3) is 11.4 Å². The molecule has 0 unspecified atom stereocenters. The minimum Gasteiger partial charge on any atom is -0.350 e. The number of nitrogens with zero attached hydrogens (tertiary/aromatic N) is 4. The molecule has 0 spiro atoms. The van der Waals surface area contributed by atoms with E-state index in [4.69, 9.17) is 0 Å². The van der Waals surface area contributed by atoms with E-state index in [1.807, 2.05) is 36.8 Å². The predicted octanol–water partition coefficient (Wildman–Crippen LogP) is 2.89. The lowest BCUT2D eigenvalue weighted by molar-refractivity contribution is 0.0952. The van der Waals surface area contributed by atoms with Crippen molar-refractivity contribution in [2.75, 3.05) is 6.54 Å². The maximum Gasteiger partial charge on any atom is 0.251 e. The molecule has 0 radical (unpaired) electrons. The molecule has 0 aliphatic heterocycles. The predicted molar refractivity (Wildman–Crippen MR) is 101 cm³/mol. The lowest BCUT2D eigenvalue weighted by Gasteiger charge is -2.09. The Balaban J connectivity index is 1.64. The second-order valence-corrected chi connectivity index (χ2v) is 6.00. The molecule has 2 aromatic heterocycles. The summed E-state index contributed by atoms with van der Waals surface area (Å²) in [6.45, 7) is 5.39. The molecule has 0 saturated carbocycles. The van der Waals surface area contributed by atoms with Crippen molar-refractivity contribution in [3.8, 4) is 11.4 Å². The summed E-state index contributed by atoms with van der Waals surface area (Å²) in [5, 5.41) is 2.96. The highest BCUT2D eigenvalue weighted by molar-refractivity contribution is 5.95. The molecule has 0 aliphatic rings. The number of hydrogen-bond acceptors (Lipinski definition) is 4. The van der Waals surface area contributed by atoms with Crippen molar-refractivity contribution in [2.24, 2.45) is 0 Å². The molecule has 0 fully saturated rings. The molecule has 3 aromatic rings. The number of amides is 1. The number of hydrogen-bond donors (Lipinski definition) is 1. The molecule has 3 rings (SSSR count). The Labute approximate surface area is 153 Å². The van der Waals surface area contributed by atoms with E-state index in [-0.39, 0.29) is 5.91 Å². The third-order valence-corrected chi connectivity index (χ3v) is 4.25. The van der Waals surface area contributed by atoms with E-state index in [1.54, 1.807) is 12.3 Å². The molecule has 134 valence electrons. The van der Waals surface area contributed by atoms with Crippen LogP contribution in [0.5, 0.6) is 0 Å². The summed E-state index contributed by atoms with van der Waals surface area (Å²) >= 11 is 0. The minimum atomic E-state index is -0.102. The lowest BCUT2D eigenvalue weighted by atomic mass is 10.1. The fourth-order valence-electron chi connectivity index (χ4n) is 2.74. The average Bonchev–Trinajstić information content (AvgIpc) is 3.15. The van der Waals surface area contributed by atoms with Crippen LogP contribution in [-0.4, -0.2) is 32.0 Å².